The quantitative estimate of drug-likeness (QED) is 0.850. The van der Waals surface area contributed by atoms with Gasteiger partial charge in [0.05, 0.1) is 0 Å². The maximum Gasteiger partial charge on any atom is 0.289 e. The van der Waals surface area contributed by atoms with E-state index < -0.39 is 10.0 Å². The summed E-state index contributed by atoms with van der Waals surface area (Å²) in [5.41, 5.74) is 0. The van der Waals surface area contributed by atoms with Crippen LogP contribution in [0.2, 0.25) is 0 Å². The minimum atomic E-state index is -3.65. The van der Waals surface area contributed by atoms with E-state index in [0.29, 0.717) is 24.9 Å². The van der Waals surface area contributed by atoms with Crippen LogP contribution in [0.5, 0.6) is 0 Å². The van der Waals surface area contributed by atoms with Crippen molar-refractivity contribution in [3.05, 3.63) is 17.9 Å². The number of nitrogens with zero attached hydrogens (tertiary/aromatic N) is 2. The van der Waals surface area contributed by atoms with Crippen molar-refractivity contribution in [2.75, 3.05) is 40.3 Å². The number of furan rings is 1. The molecule has 24 heavy (non-hydrogen) atoms. The van der Waals surface area contributed by atoms with Gasteiger partial charge in [0.25, 0.3) is 15.9 Å². The first-order chi connectivity index (χ1) is 10.9. The highest BCUT2D eigenvalue weighted by Crippen LogP contribution is 2.28. The van der Waals surface area contributed by atoms with Crippen LogP contribution in [0.15, 0.2) is 21.6 Å². The molecule has 1 aromatic rings. The first kappa shape index (κ1) is 19.2. The number of carbonyl (C=O) groups is 1. The fourth-order valence-corrected chi connectivity index (χ4v) is 4.13. The maximum atomic E-state index is 12.6. The number of rotatable bonds is 3. The average molecular weight is 378 g/mol. The predicted molar refractivity (Wildman–Crippen MR) is 91.8 cm³/mol. The lowest BCUT2D eigenvalue weighted by Gasteiger charge is -2.19. The molecule has 3 rings (SSSR count). The molecule has 0 unspecified atom stereocenters. The van der Waals surface area contributed by atoms with Crippen molar-refractivity contribution in [2.45, 2.75) is 17.9 Å². The molecule has 2 fully saturated rings. The second kappa shape index (κ2) is 7.43. The van der Waals surface area contributed by atoms with Crippen LogP contribution in [0.25, 0.3) is 0 Å². The molecule has 2 aliphatic heterocycles. The van der Waals surface area contributed by atoms with Gasteiger partial charge in [-0.2, -0.15) is 0 Å². The lowest BCUT2D eigenvalue weighted by molar-refractivity contribution is 0.0720. The summed E-state index contributed by atoms with van der Waals surface area (Å²) in [6.45, 7) is 3.44. The Morgan fingerprint density at radius 2 is 1.79 bits per heavy atom. The Kier molecular flexibility index (Phi) is 5.95. The van der Waals surface area contributed by atoms with E-state index in [9.17, 15) is 13.2 Å². The number of hydrogen-bond donors (Lipinski definition) is 1. The van der Waals surface area contributed by atoms with Crippen LogP contribution in [0, 0.1) is 11.8 Å². The van der Waals surface area contributed by atoms with Crippen molar-refractivity contribution in [1.82, 2.24) is 14.5 Å². The maximum absolute atomic E-state index is 12.6. The molecule has 136 valence electrons. The van der Waals surface area contributed by atoms with Crippen molar-refractivity contribution in [3.63, 3.8) is 0 Å². The van der Waals surface area contributed by atoms with Crippen LogP contribution < -0.4 is 5.32 Å². The van der Waals surface area contributed by atoms with Crippen molar-refractivity contribution in [1.29, 1.82) is 0 Å². The Balaban J connectivity index is 0.00000208. The molecule has 0 aromatic carbocycles. The normalized spacial score (nSPS) is 24.4. The zero-order chi connectivity index (χ0) is 16.6. The highest BCUT2D eigenvalue weighted by molar-refractivity contribution is 7.88. The van der Waals surface area contributed by atoms with E-state index in [1.54, 1.807) is 4.90 Å². The number of carbonyl (C=O) groups excluding carboxylic acids is 1. The lowest BCUT2D eigenvalue weighted by Crippen LogP contribution is -2.32. The molecule has 2 atom stereocenters. The summed E-state index contributed by atoms with van der Waals surface area (Å²) in [6.07, 6.45) is 1.96. The van der Waals surface area contributed by atoms with Gasteiger partial charge in [0.2, 0.25) is 5.09 Å². The third-order valence-corrected chi connectivity index (χ3v) is 6.52. The highest BCUT2D eigenvalue weighted by atomic mass is 35.5. The van der Waals surface area contributed by atoms with Crippen LogP contribution in [-0.2, 0) is 10.0 Å². The molecule has 1 N–H and O–H groups in total. The van der Waals surface area contributed by atoms with E-state index in [1.165, 1.54) is 26.2 Å². The summed E-state index contributed by atoms with van der Waals surface area (Å²) in [5, 5.41) is 3.21. The fraction of sp³-hybridized carbons (Fsp3) is 0.667. The molecule has 9 heteroatoms. The summed E-state index contributed by atoms with van der Waals surface area (Å²) < 4.78 is 30.5. The number of nitrogens with one attached hydrogen (secondary N) is 1. The standard InChI is InChI=1S/C15H23N3O4S.ClH/c1-17(2)23(20,21)14-4-3-13(22-14)15(19)18-7-5-11-9-16-10-12(11)6-8-18;/h3-4,11-12,16H,5-10H2,1-2H3;1H/t11-,12+;. The van der Waals surface area contributed by atoms with Crippen LogP contribution in [0.3, 0.4) is 0 Å². The van der Waals surface area contributed by atoms with E-state index in [-0.39, 0.29) is 29.2 Å². The Hall–Kier alpha value is -1.09. The van der Waals surface area contributed by atoms with Gasteiger partial charge in [0, 0.05) is 27.2 Å². The number of sulfonamides is 1. The highest BCUT2D eigenvalue weighted by Gasteiger charge is 2.33. The molecule has 1 amide bonds. The van der Waals surface area contributed by atoms with E-state index in [4.69, 9.17) is 4.42 Å². The van der Waals surface area contributed by atoms with Crippen LogP contribution >= 0.6 is 12.4 Å². The Bertz CT molecular complexity index is 675. The fourth-order valence-electron chi connectivity index (χ4n) is 3.33. The van der Waals surface area contributed by atoms with E-state index in [1.807, 2.05) is 0 Å². The van der Waals surface area contributed by atoms with Crippen LogP contribution in [0.1, 0.15) is 23.4 Å². The molecule has 0 radical (unpaired) electrons. The third-order valence-electron chi connectivity index (χ3n) is 4.83. The van der Waals surface area contributed by atoms with Crippen molar-refractivity contribution in [2.24, 2.45) is 11.8 Å². The number of fused-ring (bicyclic) bond motifs is 1. The van der Waals surface area contributed by atoms with E-state index in [2.05, 4.69) is 5.32 Å². The van der Waals surface area contributed by atoms with Gasteiger partial charge in [0.1, 0.15) is 0 Å². The van der Waals surface area contributed by atoms with Crippen LogP contribution in [0.4, 0.5) is 0 Å². The van der Waals surface area contributed by atoms with E-state index >= 15 is 0 Å². The predicted octanol–water partition coefficient (Wildman–Crippen LogP) is 1.02. The van der Waals surface area contributed by atoms with Crippen molar-refractivity contribution in [3.8, 4) is 0 Å². The van der Waals surface area contributed by atoms with Crippen molar-refractivity contribution >= 4 is 28.3 Å². The topological polar surface area (TPSA) is 82.9 Å². The average Bonchev–Trinajstić information content (AvgIpc) is 3.13. The summed E-state index contributed by atoms with van der Waals surface area (Å²) >= 11 is 0. The lowest BCUT2D eigenvalue weighted by atomic mass is 9.92. The van der Waals surface area contributed by atoms with Gasteiger partial charge in [-0.25, -0.2) is 12.7 Å². The van der Waals surface area contributed by atoms with Crippen LogP contribution in [-0.4, -0.2) is 63.8 Å². The van der Waals surface area contributed by atoms with Gasteiger partial charge >= 0.3 is 0 Å². The minimum absolute atomic E-state index is 0. The summed E-state index contributed by atoms with van der Waals surface area (Å²) in [7, 11) is -0.789. The van der Waals surface area contributed by atoms with Gasteiger partial charge < -0.3 is 14.6 Å². The molecule has 0 spiro atoms. The number of halogens is 1. The Morgan fingerprint density at radius 3 is 2.33 bits per heavy atom. The summed E-state index contributed by atoms with van der Waals surface area (Å²) in [4.78, 5) is 14.4. The molecule has 2 saturated heterocycles. The smallest absolute Gasteiger partial charge is 0.289 e. The summed E-state index contributed by atoms with van der Waals surface area (Å²) in [6, 6.07) is 2.80. The molecule has 1 aromatic heterocycles. The van der Waals surface area contributed by atoms with Gasteiger partial charge in [-0.05, 0) is 49.9 Å². The SMILES string of the molecule is CN(C)S(=O)(=O)c1ccc(C(=O)N2CC[C@@H]3CNC[C@@H]3CC2)o1.Cl. The number of likely N-dealkylation sites (tertiary alicyclic amines) is 1. The van der Waals surface area contributed by atoms with E-state index in [0.717, 1.165) is 30.2 Å². The third kappa shape index (κ3) is 3.61. The minimum Gasteiger partial charge on any atom is -0.438 e. The molecule has 3 heterocycles. The summed E-state index contributed by atoms with van der Waals surface area (Å²) in [5.74, 6) is 1.14. The Labute approximate surface area is 148 Å². The first-order valence-electron chi connectivity index (χ1n) is 7.92. The number of hydrogen-bond acceptors (Lipinski definition) is 5. The van der Waals surface area contributed by atoms with Gasteiger partial charge in [-0.1, -0.05) is 0 Å². The molecule has 2 aliphatic rings. The molecular weight excluding hydrogens is 354 g/mol. The molecule has 7 nitrogen and oxygen atoms in total. The Morgan fingerprint density at radius 1 is 1.21 bits per heavy atom. The second-order valence-corrected chi connectivity index (χ2v) is 8.54. The molecule has 0 bridgehead atoms. The van der Waals surface area contributed by atoms with Gasteiger partial charge in [-0.3, -0.25) is 4.79 Å². The molecule has 0 aliphatic carbocycles. The zero-order valence-corrected chi connectivity index (χ0v) is 15.5. The molecular formula is C15H24ClN3O4S. The first-order valence-corrected chi connectivity index (χ1v) is 9.36. The largest absolute Gasteiger partial charge is 0.438 e. The number of amides is 1. The zero-order valence-electron chi connectivity index (χ0n) is 13.9. The second-order valence-electron chi connectivity index (χ2n) is 6.45. The monoisotopic (exact) mass is 377 g/mol. The van der Waals surface area contributed by atoms with Gasteiger partial charge in [0.15, 0.2) is 5.76 Å². The molecule has 0 saturated carbocycles. The van der Waals surface area contributed by atoms with Crippen molar-refractivity contribution < 1.29 is 17.6 Å². The van der Waals surface area contributed by atoms with Gasteiger partial charge in [-0.15, -0.1) is 12.4 Å².